The maximum absolute atomic E-state index is 13.2. The molecule has 1 atom stereocenters. The maximum atomic E-state index is 13.2. The first-order valence-electron chi connectivity index (χ1n) is 6.09. The van der Waals surface area contributed by atoms with Crippen molar-refractivity contribution in [1.82, 2.24) is 5.32 Å². The predicted octanol–water partition coefficient (Wildman–Crippen LogP) is 5.64. The quantitative estimate of drug-likeness (QED) is 0.764. The lowest BCUT2D eigenvalue weighted by Crippen LogP contribution is -2.18. The second-order valence-electron chi connectivity index (χ2n) is 4.55. The minimum absolute atomic E-state index is 0.0619. The zero-order valence-electron chi connectivity index (χ0n) is 10.8. The fraction of sp³-hybridized carbons (Fsp3) is 0.200. The van der Waals surface area contributed by atoms with Crippen molar-refractivity contribution in [2.24, 2.45) is 0 Å². The second kappa shape index (κ2) is 6.77. The van der Waals surface area contributed by atoms with Crippen LogP contribution in [0.3, 0.4) is 0 Å². The summed E-state index contributed by atoms with van der Waals surface area (Å²) in [7, 11) is 0. The van der Waals surface area contributed by atoms with Crippen molar-refractivity contribution < 1.29 is 4.39 Å². The Kier molecular flexibility index (Phi) is 5.28. The Morgan fingerprint density at radius 3 is 2.45 bits per heavy atom. The third kappa shape index (κ3) is 4.10. The first-order valence-corrected chi connectivity index (χ1v) is 7.22. The molecule has 0 amide bonds. The molecule has 0 aliphatic carbocycles. The van der Waals surface area contributed by atoms with Gasteiger partial charge in [-0.25, -0.2) is 4.39 Å². The molecule has 0 fully saturated rings. The molecule has 0 saturated carbocycles. The van der Waals surface area contributed by atoms with E-state index in [0.29, 0.717) is 21.6 Å². The molecule has 5 heteroatoms. The molecule has 0 saturated heterocycles. The minimum Gasteiger partial charge on any atom is -0.306 e. The lowest BCUT2D eigenvalue weighted by molar-refractivity contribution is 0.569. The third-order valence-electron chi connectivity index (χ3n) is 2.98. The number of nitrogens with one attached hydrogen (secondary N) is 1. The Labute approximate surface area is 132 Å². The van der Waals surface area contributed by atoms with Crippen molar-refractivity contribution in [2.75, 3.05) is 0 Å². The van der Waals surface area contributed by atoms with Crippen molar-refractivity contribution in [2.45, 2.75) is 19.5 Å². The van der Waals surface area contributed by atoms with Gasteiger partial charge in [-0.1, -0.05) is 40.9 Å². The van der Waals surface area contributed by atoms with E-state index in [9.17, 15) is 4.39 Å². The Balaban J connectivity index is 2.04. The summed E-state index contributed by atoms with van der Waals surface area (Å²) in [6, 6.07) is 10.0. The van der Waals surface area contributed by atoms with Crippen LogP contribution in [0, 0.1) is 5.82 Å². The van der Waals surface area contributed by atoms with Crippen LogP contribution in [-0.4, -0.2) is 0 Å². The molecule has 0 aliphatic rings. The van der Waals surface area contributed by atoms with E-state index in [4.69, 9.17) is 34.8 Å². The van der Waals surface area contributed by atoms with Gasteiger partial charge in [-0.05, 0) is 48.4 Å². The maximum Gasteiger partial charge on any atom is 0.125 e. The van der Waals surface area contributed by atoms with Gasteiger partial charge >= 0.3 is 0 Å². The largest absolute Gasteiger partial charge is 0.306 e. The predicted molar refractivity (Wildman–Crippen MR) is 83.1 cm³/mol. The summed E-state index contributed by atoms with van der Waals surface area (Å²) in [5, 5.41) is 4.73. The Morgan fingerprint density at radius 1 is 1.05 bits per heavy atom. The standard InChI is InChI=1S/C15H13Cl3FN/c1-9(11-2-3-14(17)15(18)6-11)20-8-10-4-12(16)7-13(19)5-10/h2-7,9,20H,8H2,1H3. The van der Waals surface area contributed by atoms with Crippen LogP contribution in [0.1, 0.15) is 24.1 Å². The first-order chi connectivity index (χ1) is 9.45. The summed E-state index contributed by atoms with van der Waals surface area (Å²) in [6.45, 7) is 2.51. The number of hydrogen-bond acceptors (Lipinski definition) is 1. The molecule has 1 unspecified atom stereocenters. The average molecular weight is 333 g/mol. The van der Waals surface area contributed by atoms with Crippen LogP contribution in [0.5, 0.6) is 0 Å². The lowest BCUT2D eigenvalue weighted by Gasteiger charge is -2.15. The van der Waals surface area contributed by atoms with Gasteiger partial charge in [0.1, 0.15) is 5.82 Å². The van der Waals surface area contributed by atoms with Gasteiger partial charge in [-0.3, -0.25) is 0 Å². The second-order valence-corrected chi connectivity index (χ2v) is 5.80. The van der Waals surface area contributed by atoms with Crippen molar-refractivity contribution in [3.05, 3.63) is 68.4 Å². The SMILES string of the molecule is CC(NCc1cc(F)cc(Cl)c1)c1ccc(Cl)c(Cl)c1. The van der Waals surface area contributed by atoms with Crippen LogP contribution < -0.4 is 5.32 Å². The Hall–Kier alpha value is -0.800. The van der Waals surface area contributed by atoms with Crippen LogP contribution in [0.25, 0.3) is 0 Å². The van der Waals surface area contributed by atoms with E-state index >= 15 is 0 Å². The van der Waals surface area contributed by atoms with Gasteiger partial charge in [0.25, 0.3) is 0 Å². The summed E-state index contributed by atoms with van der Waals surface area (Å²) < 4.78 is 13.2. The minimum atomic E-state index is -0.337. The van der Waals surface area contributed by atoms with Crippen LogP contribution in [-0.2, 0) is 6.54 Å². The summed E-state index contributed by atoms with van der Waals surface area (Å²) in [4.78, 5) is 0. The Bertz CT molecular complexity index is 596. The molecule has 0 aromatic heterocycles. The average Bonchev–Trinajstić information content (AvgIpc) is 2.38. The first kappa shape index (κ1) is 15.6. The van der Waals surface area contributed by atoms with Gasteiger partial charge < -0.3 is 5.32 Å². The van der Waals surface area contributed by atoms with Gasteiger partial charge in [0.2, 0.25) is 0 Å². The molecule has 2 rings (SSSR count). The van der Waals surface area contributed by atoms with E-state index in [0.717, 1.165) is 11.1 Å². The normalized spacial score (nSPS) is 12.4. The number of benzene rings is 2. The molecule has 0 bridgehead atoms. The molecule has 0 heterocycles. The van der Waals surface area contributed by atoms with E-state index in [-0.39, 0.29) is 11.9 Å². The van der Waals surface area contributed by atoms with Gasteiger partial charge in [-0.15, -0.1) is 0 Å². The molecule has 106 valence electrons. The fourth-order valence-electron chi connectivity index (χ4n) is 1.88. The molecule has 1 nitrogen and oxygen atoms in total. The zero-order valence-corrected chi connectivity index (χ0v) is 13.0. The van der Waals surface area contributed by atoms with Gasteiger partial charge in [0, 0.05) is 17.6 Å². The van der Waals surface area contributed by atoms with Crippen molar-refractivity contribution in [3.63, 3.8) is 0 Å². The highest BCUT2D eigenvalue weighted by molar-refractivity contribution is 6.42. The molecule has 20 heavy (non-hydrogen) atoms. The summed E-state index contributed by atoms with van der Waals surface area (Å²) in [6.07, 6.45) is 0. The van der Waals surface area contributed by atoms with Crippen LogP contribution in [0.4, 0.5) is 4.39 Å². The van der Waals surface area contributed by atoms with Gasteiger partial charge in [0.15, 0.2) is 0 Å². The van der Waals surface area contributed by atoms with E-state index < -0.39 is 0 Å². The van der Waals surface area contributed by atoms with E-state index in [2.05, 4.69) is 5.32 Å². The van der Waals surface area contributed by atoms with Crippen LogP contribution >= 0.6 is 34.8 Å². The topological polar surface area (TPSA) is 12.0 Å². The molecular weight excluding hydrogens is 320 g/mol. The Morgan fingerprint density at radius 2 is 1.80 bits per heavy atom. The highest BCUT2D eigenvalue weighted by Gasteiger charge is 2.08. The number of rotatable bonds is 4. The van der Waals surface area contributed by atoms with Crippen molar-refractivity contribution in [3.8, 4) is 0 Å². The highest BCUT2D eigenvalue weighted by atomic mass is 35.5. The zero-order chi connectivity index (χ0) is 14.7. The lowest BCUT2D eigenvalue weighted by atomic mass is 10.1. The van der Waals surface area contributed by atoms with Crippen molar-refractivity contribution >= 4 is 34.8 Å². The van der Waals surface area contributed by atoms with Gasteiger partial charge in [-0.2, -0.15) is 0 Å². The third-order valence-corrected chi connectivity index (χ3v) is 3.94. The molecular formula is C15H13Cl3FN. The summed E-state index contributed by atoms with van der Waals surface area (Å²) in [5.41, 5.74) is 1.81. The molecule has 0 spiro atoms. The molecule has 2 aromatic carbocycles. The number of halogens is 4. The molecule has 0 radical (unpaired) electrons. The monoisotopic (exact) mass is 331 g/mol. The highest BCUT2D eigenvalue weighted by Crippen LogP contribution is 2.25. The molecule has 2 aromatic rings. The fourth-order valence-corrected chi connectivity index (χ4v) is 2.43. The smallest absolute Gasteiger partial charge is 0.125 e. The van der Waals surface area contributed by atoms with E-state index in [1.165, 1.54) is 12.1 Å². The van der Waals surface area contributed by atoms with Crippen LogP contribution in [0.2, 0.25) is 15.1 Å². The van der Waals surface area contributed by atoms with Crippen molar-refractivity contribution in [1.29, 1.82) is 0 Å². The molecule has 0 aliphatic heterocycles. The van der Waals surface area contributed by atoms with Gasteiger partial charge in [0.05, 0.1) is 10.0 Å². The summed E-state index contributed by atoms with van der Waals surface area (Å²) >= 11 is 17.7. The molecule has 1 N–H and O–H groups in total. The summed E-state index contributed by atoms with van der Waals surface area (Å²) in [5.74, 6) is -0.337. The van der Waals surface area contributed by atoms with E-state index in [1.807, 2.05) is 19.1 Å². The van der Waals surface area contributed by atoms with Crippen LogP contribution in [0.15, 0.2) is 36.4 Å². The number of hydrogen-bond donors (Lipinski definition) is 1. The van der Waals surface area contributed by atoms with E-state index in [1.54, 1.807) is 12.1 Å².